The third kappa shape index (κ3) is 1.04. The van der Waals surface area contributed by atoms with E-state index >= 15 is 0 Å². The summed E-state index contributed by atoms with van der Waals surface area (Å²) in [4.78, 5) is 0.235. The van der Waals surface area contributed by atoms with Crippen LogP contribution in [0, 0.1) is 0 Å². The lowest BCUT2D eigenvalue weighted by Gasteiger charge is -1.96. The maximum Gasteiger partial charge on any atom is 0.297 e. The van der Waals surface area contributed by atoms with Crippen molar-refractivity contribution in [3.63, 3.8) is 0 Å². The molecule has 0 atom stereocenters. The molecule has 2 heterocycles. The Kier molecular flexibility index (Phi) is 1.27. The van der Waals surface area contributed by atoms with E-state index in [9.17, 15) is 8.42 Å². The van der Waals surface area contributed by atoms with Gasteiger partial charge in [0.15, 0.2) is 0 Å². The van der Waals surface area contributed by atoms with Crippen molar-refractivity contribution in [3.8, 4) is 0 Å². The van der Waals surface area contributed by atoms with Crippen molar-refractivity contribution in [2.75, 3.05) is 0 Å². The highest BCUT2D eigenvalue weighted by Gasteiger charge is 2.18. The number of fused-ring (bicyclic) bond motifs is 4. The fourth-order valence-electron chi connectivity index (χ4n) is 0.966. The first-order valence-electron chi connectivity index (χ1n) is 3.17. The molecule has 4 heteroatoms. The SMILES string of the molecule is O=S1(=O)OCc2ccc1cc2. The van der Waals surface area contributed by atoms with Gasteiger partial charge in [-0.05, 0) is 17.7 Å². The quantitative estimate of drug-likeness (QED) is 0.543. The second-order valence-electron chi connectivity index (χ2n) is 2.36. The van der Waals surface area contributed by atoms with Gasteiger partial charge in [-0.25, -0.2) is 0 Å². The molecule has 0 aromatic heterocycles. The van der Waals surface area contributed by atoms with Crippen LogP contribution in [0.3, 0.4) is 0 Å². The molecule has 58 valence electrons. The van der Waals surface area contributed by atoms with Crippen LogP contribution in [0.4, 0.5) is 0 Å². The van der Waals surface area contributed by atoms with Gasteiger partial charge in [-0.15, -0.1) is 0 Å². The van der Waals surface area contributed by atoms with Crippen molar-refractivity contribution in [2.45, 2.75) is 11.5 Å². The highest BCUT2D eigenvalue weighted by atomic mass is 32.2. The summed E-state index contributed by atoms with van der Waals surface area (Å²) in [6, 6.07) is 6.61. The van der Waals surface area contributed by atoms with Crippen LogP contribution < -0.4 is 0 Å². The van der Waals surface area contributed by atoms with Crippen molar-refractivity contribution in [3.05, 3.63) is 29.8 Å². The molecule has 0 spiro atoms. The van der Waals surface area contributed by atoms with Crippen molar-refractivity contribution in [2.24, 2.45) is 0 Å². The maximum absolute atomic E-state index is 11.1. The second kappa shape index (κ2) is 2.06. The fraction of sp³-hybridized carbons (Fsp3) is 0.143. The number of hydrogen-bond donors (Lipinski definition) is 0. The van der Waals surface area contributed by atoms with Gasteiger partial charge in [0.25, 0.3) is 10.1 Å². The van der Waals surface area contributed by atoms with E-state index in [-0.39, 0.29) is 11.5 Å². The standard InChI is InChI=1S/C7H6O3S/c8-11(9)7-3-1-6(2-4-7)5-10-11/h1-4H,5H2. The number of rotatable bonds is 0. The van der Waals surface area contributed by atoms with E-state index < -0.39 is 10.1 Å². The molecule has 2 aliphatic rings. The van der Waals surface area contributed by atoms with Gasteiger partial charge >= 0.3 is 0 Å². The second-order valence-corrected chi connectivity index (χ2v) is 3.98. The highest BCUT2D eigenvalue weighted by Crippen LogP contribution is 2.19. The molecule has 0 unspecified atom stereocenters. The van der Waals surface area contributed by atoms with Gasteiger partial charge in [-0.2, -0.15) is 8.42 Å². The molecule has 0 saturated carbocycles. The molecule has 0 fully saturated rings. The first-order chi connectivity index (χ1) is 5.18. The minimum absolute atomic E-state index is 0.152. The van der Waals surface area contributed by atoms with E-state index in [1.54, 1.807) is 24.3 Å². The smallest absolute Gasteiger partial charge is 0.262 e. The zero-order valence-corrected chi connectivity index (χ0v) is 6.47. The molecule has 0 aliphatic carbocycles. The zero-order valence-electron chi connectivity index (χ0n) is 5.65. The van der Waals surface area contributed by atoms with Gasteiger partial charge in [0.1, 0.15) is 0 Å². The molecule has 0 radical (unpaired) electrons. The van der Waals surface area contributed by atoms with E-state index in [0.717, 1.165) is 5.56 Å². The third-order valence-corrected chi connectivity index (χ3v) is 2.87. The summed E-state index contributed by atoms with van der Waals surface area (Å²) in [7, 11) is -3.45. The number of benzene rings is 1. The van der Waals surface area contributed by atoms with Crippen molar-refractivity contribution < 1.29 is 12.6 Å². The molecule has 0 amide bonds. The van der Waals surface area contributed by atoms with Crippen LogP contribution in [0.5, 0.6) is 0 Å². The summed E-state index contributed by atoms with van der Waals surface area (Å²) in [5.41, 5.74) is 0.884. The summed E-state index contributed by atoms with van der Waals surface area (Å²) in [5, 5.41) is 0. The van der Waals surface area contributed by atoms with Crippen LogP contribution in [0.2, 0.25) is 0 Å². The lowest BCUT2D eigenvalue weighted by atomic mass is 10.2. The largest absolute Gasteiger partial charge is 0.297 e. The zero-order chi connectivity index (χ0) is 7.90. The average molecular weight is 170 g/mol. The first kappa shape index (κ1) is 6.82. The first-order valence-corrected chi connectivity index (χ1v) is 4.58. The Hall–Kier alpha value is -0.870. The fourth-order valence-corrected chi connectivity index (χ4v) is 1.86. The summed E-state index contributed by atoms with van der Waals surface area (Å²) < 4.78 is 26.8. The molecule has 1 aromatic rings. The number of hydrogen-bond acceptors (Lipinski definition) is 3. The van der Waals surface area contributed by atoms with E-state index in [1.807, 2.05) is 0 Å². The van der Waals surface area contributed by atoms with Crippen LogP contribution in [0.1, 0.15) is 5.56 Å². The Morgan fingerprint density at radius 2 is 1.82 bits per heavy atom. The minimum Gasteiger partial charge on any atom is -0.262 e. The normalized spacial score (nSPS) is 19.6. The maximum atomic E-state index is 11.1. The van der Waals surface area contributed by atoms with Crippen LogP contribution in [-0.4, -0.2) is 8.42 Å². The van der Waals surface area contributed by atoms with E-state index in [4.69, 9.17) is 0 Å². The Labute approximate surface area is 64.7 Å². The van der Waals surface area contributed by atoms with Gasteiger partial charge in [0.05, 0.1) is 11.5 Å². The van der Waals surface area contributed by atoms with Gasteiger partial charge in [0, 0.05) is 0 Å². The molecule has 2 bridgehead atoms. The highest BCUT2D eigenvalue weighted by molar-refractivity contribution is 7.86. The Balaban J connectivity index is 2.72. The topological polar surface area (TPSA) is 43.4 Å². The molecule has 1 aromatic carbocycles. The van der Waals surface area contributed by atoms with Gasteiger partial charge in [-0.1, -0.05) is 12.1 Å². The Bertz CT molecular complexity index is 363. The van der Waals surface area contributed by atoms with Crippen LogP contribution in [0.25, 0.3) is 0 Å². The Morgan fingerprint density at radius 1 is 1.18 bits per heavy atom. The summed E-state index contributed by atoms with van der Waals surface area (Å²) in [5.74, 6) is 0. The average Bonchev–Trinajstić information content (AvgIpc) is 2.21. The molecular weight excluding hydrogens is 164 g/mol. The predicted molar refractivity (Wildman–Crippen MR) is 38.4 cm³/mol. The van der Waals surface area contributed by atoms with Crippen LogP contribution in [-0.2, 0) is 20.9 Å². The molecule has 2 aliphatic heterocycles. The van der Waals surface area contributed by atoms with Crippen molar-refractivity contribution in [1.82, 2.24) is 0 Å². The van der Waals surface area contributed by atoms with E-state index in [1.165, 1.54) is 0 Å². The van der Waals surface area contributed by atoms with E-state index in [2.05, 4.69) is 4.18 Å². The van der Waals surface area contributed by atoms with Gasteiger partial charge < -0.3 is 0 Å². The lowest BCUT2D eigenvalue weighted by molar-refractivity contribution is 0.311. The molecular formula is C7H6O3S. The molecule has 0 saturated heterocycles. The lowest BCUT2D eigenvalue weighted by Crippen LogP contribution is -2.01. The minimum atomic E-state index is -3.45. The summed E-state index contributed by atoms with van der Waals surface area (Å²) in [6.45, 7) is 0.152. The summed E-state index contributed by atoms with van der Waals surface area (Å²) >= 11 is 0. The van der Waals surface area contributed by atoms with Gasteiger partial charge in [-0.3, -0.25) is 4.18 Å². The summed E-state index contributed by atoms with van der Waals surface area (Å²) in [6.07, 6.45) is 0. The van der Waals surface area contributed by atoms with E-state index in [0.29, 0.717) is 0 Å². The van der Waals surface area contributed by atoms with Crippen molar-refractivity contribution >= 4 is 10.1 Å². The van der Waals surface area contributed by atoms with Crippen LogP contribution >= 0.6 is 0 Å². The predicted octanol–water partition coefficient (Wildman–Crippen LogP) is 0.906. The van der Waals surface area contributed by atoms with Crippen molar-refractivity contribution in [1.29, 1.82) is 0 Å². The molecule has 3 nitrogen and oxygen atoms in total. The third-order valence-electron chi connectivity index (χ3n) is 1.59. The van der Waals surface area contributed by atoms with Gasteiger partial charge in [0.2, 0.25) is 0 Å². The molecule has 11 heavy (non-hydrogen) atoms. The molecule has 3 rings (SSSR count). The van der Waals surface area contributed by atoms with Crippen LogP contribution in [0.15, 0.2) is 29.2 Å². The Morgan fingerprint density at radius 3 is 2.45 bits per heavy atom. The molecule has 0 N–H and O–H groups in total. The monoisotopic (exact) mass is 170 g/mol.